The second-order valence-corrected chi connectivity index (χ2v) is 2.75. The van der Waals surface area contributed by atoms with Gasteiger partial charge in [-0.1, -0.05) is 30.3 Å². The molecule has 0 spiro atoms. The molecule has 0 saturated heterocycles. The highest BCUT2D eigenvalue weighted by atomic mass is 15.2. The summed E-state index contributed by atoms with van der Waals surface area (Å²) in [6.45, 7) is 0. The molecule has 0 atom stereocenters. The van der Waals surface area contributed by atoms with E-state index >= 15 is 0 Å². The highest BCUT2D eigenvalue weighted by Gasteiger charge is 2.03. The fraction of sp³-hybridized carbons (Fsp3) is 0.200. The first-order chi connectivity index (χ1) is 5.97. The maximum atomic E-state index is 4.09. The standard InChI is InChI=1S/C10H10N2/c1-2-5-9(6-3-1)10-7-4-8-11-12-10/h1-3,5-6,8H,4,7H2. The fourth-order valence-corrected chi connectivity index (χ4v) is 1.25. The van der Waals surface area contributed by atoms with Crippen LogP contribution in [0.4, 0.5) is 0 Å². The summed E-state index contributed by atoms with van der Waals surface area (Å²) in [4.78, 5) is 0. The third-order valence-corrected chi connectivity index (χ3v) is 1.88. The molecule has 2 heteroatoms. The predicted octanol–water partition coefficient (Wildman–Crippen LogP) is 2.26. The molecule has 0 amide bonds. The van der Waals surface area contributed by atoms with E-state index in [1.807, 2.05) is 24.4 Å². The van der Waals surface area contributed by atoms with E-state index in [-0.39, 0.29) is 0 Å². The lowest BCUT2D eigenvalue weighted by molar-refractivity contribution is 1.06. The van der Waals surface area contributed by atoms with Crippen molar-refractivity contribution in [3.05, 3.63) is 35.9 Å². The Morgan fingerprint density at radius 3 is 2.58 bits per heavy atom. The van der Waals surface area contributed by atoms with Gasteiger partial charge in [0.1, 0.15) is 0 Å². The lowest BCUT2D eigenvalue weighted by Crippen LogP contribution is -2.03. The third kappa shape index (κ3) is 1.42. The van der Waals surface area contributed by atoms with E-state index in [2.05, 4.69) is 22.3 Å². The zero-order valence-corrected chi connectivity index (χ0v) is 6.77. The zero-order valence-electron chi connectivity index (χ0n) is 6.77. The summed E-state index contributed by atoms with van der Waals surface area (Å²) in [7, 11) is 0. The molecule has 1 aliphatic heterocycles. The maximum Gasteiger partial charge on any atom is 0.0706 e. The molecule has 0 fully saturated rings. The van der Waals surface area contributed by atoms with Gasteiger partial charge in [-0.05, 0) is 18.4 Å². The molecule has 0 aliphatic carbocycles. The Kier molecular flexibility index (Phi) is 1.99. The summed E-state index contributed by atoms with van der Waals surface area (Å²) in [5, 5.41) is 7.98. The van der Waals surface area contributed by atoms with Crippen LogP contribution in [0.1, 0.15) is 18.4 Å². The molecule has 60 valence electrons. The molecular formula is C10H10N2. The van der Waals surface area contributed by atoms with Crippen LogP contribution in [0.5, 0.6) is 0 Å². The van der Waals surface area contributed by atoms with Crippen molar-refractivity contribution in [1.29, 1.82) is 0 Å². The van der Waals surface area contributed by atoms with Crippen molar-refractivity contribution < 1.29 is 0 Å². The Bertz CT molecular complexity index is 312. The van der Waals surface area contributed by atoms with Crippen molar-refractivity contribution >= 4 is 11.9 Å². The molecule has 1 heterocycles. The van der Waals surface area contributed by atoms with Gasteiger partial charge in [0.15, 0.2) is 0 Å². The summed E-state index contributed by atoms with van der Waals surface area (Å²) >= 11 is 0. The molecule has 0 unspecified atom stereocenters. The molecule has 2 nitrogen and oxygen atoms in total. The van der Waals surface area contributed by atoms with E-state index in [4.69, 9.17) is 0 Å². The van der Waals surface area contributed by atoms with Crippen LogP contribution in [-0.2, 0) is 0 Å². The second kappa shape index (κ2) is 3.30. The predicted molar refractivity (Wildman–Crippen MR) is 50.7 cm³/mol. The summed E-state index contributed by atoms with van der Waals surface area (Å²) < 4.78 is 0. The minimum absolute atomic E-state index is 1.01. The Balaban J connectivity index is 2.31. The molecule has 1 aliphatic rings. The van der Waals surface area contributed by atoms with Gasteiger partial charge in [-0.25, -0.2) is 0 Å². The lowest BCUT2D eigenvalue weighted by Gasteiger charge is -2.05. The van der Waals surface area contributed by atoms with Crippen LogP contribution in [0.15, 0.2) is 40.5 Å². The highest BCUT2D eigenvalue weighted by molar-refractivity contribution is 6.02. The Labute approximate surface area is 71.6 Å². The van der Waals surface area contributed by atoms with E-state index < -0.39 is 0 Å². The van der Waals surface area contributed by atoms with Gasteiger partial charge in [-0.2, -0.15) is 10.2 Å². The Morgan fingerprint density at radius 1 is 1.08 bits per heavy atom. The van der Waals surface area contributed by atoms with Gasteiger partial charge in [-0.3, -0.25) is 0 Å². The average molecular weight is 158 g/mol. The molecule has 12 heavy (non-hydrogen) atoms. The normalized spacial score (nSPS) is 15.8. The highest BCUT2D eigenvalue weighted by Crippen LogP contribution is 2.08. The molecule has 0 radical (unpaired) electrons. The van der Waals surface area contributed by atoms with Gasteiger partial charge in [0.05, 0.1) is 5.71 Å². The van der Waals surface area contributed by atoms with Crippen LogP contribution in [0.3, 0.4) is 0 Å². The Hall–Kier alpha value is -1.44. The summed E-state index contributed by atoms with van der Waals surface area (Å²) in [6, 6.07) is 10.2. The first kappa shape index (κ1) is 7.22. The first-order valence-corrected chi connectivity index (χ1v) is 4.10. The van der Waals surface area contributed by atoms with E-state index in [1.165, 1.54) is 5.56 Å². The largest absolute Gasteiger partial charge is 0.163 e. The smallest absolute Gasteiger partial charge is 0.0706 e. The van der Waals surface area contributed by atoms with Crippen molar-refractivity contribution in [2.24, 2.45) is 10.2 Å². The van der Waals surface area contributed by atoms with E-state index in [0.29, 0.717) is 0 Å². The van der Waals surface area contributed by atoms with Gasteiger partial charge < -0.3 is 0 Å². The molecule has 0 saturated carbocycles. The average Bonchev–Trinajstić information content (AvgIpc) is 2.21. The summed E-state index contributed by atoms with van der Waals surface area (Å²) in [5.74, 6) is 0. The van der Waals surface area contributed by atoms with Crippen molar-refractivity contribution in [2.45, 2.75) is 12.8 Å². The van der Waals surface area contributed by atoms with Crippen molar-refractivity contribution in [1.82, 2.24) is 0 Å². The van der Waals surface area contributed by atoms with Crippen molar-refractivity contribution in [3.63, 3.8) is 0 Å². The van der Waals surface area contributed by atoms with Gasteiger partial charge in [0.25, 0.3) is 0 Å². The number of nitrogens with zero attached hydrogens (tertiary/aromatic N) is 2. The van der Waals surface area contributed by atoms with Gasteiger partial charge in [0, 0.05) is 6.21 Å². The lowest BCUT2D eigenvalue weighted by atomic mass is 10.1. The van der Waals surface area contributed by atoms with E-state index in [0.717, 1.165) is 18.6 Å². The van der Waals surface area contributed by atoms with Gasteiger partial charge in [-0.15, -0.1) is 0 Å². The number of hydrogen-bond acceptors (Lipinski definition) is 2. The molecule has 1 aromatic carbocycles. The molecule has 2 rings (SSSR count). The number of rotatable bonds is 1. The molecule has 0 N–H and O–H groups in total. The minimum Gasteiger partial charge on any atom is -0.163 e. The topological polar surface area (TPSA) is 24.7 Å². The van der Waals surface area contributed by atoms with Crippen LogP contribution in [0.25, 0.3) is 0 Å². The molecule has 0 aromatic heterocycles. The molecular weight excluding hydrogens is 148 g/mol. The van der Waals surface area contributed by atoms with Crippen molar-refractivity contribution in [2.75, 3.05) is 0 Å². The number of hydrogen-bond donors (Lipinski definition) is 0. The van der Waals surface area contributed by atoms with Gasteiger partial charge >= 0.3 is 0 Å². The van der Waals surface area contributed by atoms with Crippen LogP contribution < -0.4 is 0 Å². The third-order valence-electron chi connectivity index (χ3n) is 1.88. The van der Waals surface area contributed by atoms with Crippen LogP contribution in [0, 0.1) is 0 Å². The fourth-order valence-electron chi connectivity index (χ4n) is 1.25. The van der Waals surface area contributed by atoms with Gasteiger partial charge in [0.2, 0.25) is 0 Å². The van der Waals surface area contributed by atoms with Crippen molar-refractivity contribution in [3.8, 4) is 0 Å². The monoisotopic (exact) mass is 158 g/mol. The number of benzene rings is 1. The summed E-state index contributed by atoms with van der Waals surface area (Å²) in [6.07, 6.45) is 3.87. The van der Waals surface area contributed by atoms with Crippen LogP contribution in [-0.4, -0.2) is 11.9 Å². The van der Waals surface area contributed by atoms with Crippen LogP contribution >= 0.6 is 0 Å². The minimum atomic E-state index is 1.01. The molecule has 1 aromatic rings. The van der Waals surface area contributed by atoms with Crippen LogP contribution in [0.2, 0.25) is 0 Å². The zero-order chi connectivity index (χ0) is 8.23. The first-order valence-electron chi connectivity index (χ1n) is 4.10. The Morgan fingerprint density at radius 2 is 1.92 bits per heavy atom. The molecule has 0 bridgehead atoms. The van der Waals surface area contributed by atoms with E-state index in [9.17, 15) is 0 Å². The maximum absolute atomic E-state index is 4.09. The SMILES string of the molecule is C1=NN=C(c2ccccc2)CC1. The quantitative estimate of drug-likeness (QED) is 0.599. The second-order valence-electron chi connectivity index (χ2n) is 2.75. The summed E-state index contributed by atoms with van der Waals surface area (Å²) in [5.41, 5.74) is 2.28. The van der Waals surface area contributed by atoms with E-state index in [1.54, 1.807) is 0 Å².